The third-order valence-electron chi connectivity index (χ3n) is 4.45. The number of benzene rings is 1. The van der Waals surface area contributed by atoms with Gasteiger partial charge in [-0.25, -0.2) is 9.79 Å². The summed E-state index contributed by atoms with van der Waals surface area (Å²) in [5, 5.41) is 0.516. The molecule has 1 amide bonds. The van der Waals surface area contributed by atoms with Crippen molar-refractivity contribution in [1.29, 1.82) is 0 Å². The molecule has 0 spiro atoms. The first kappa shape index (κ1) is 19.0. The minimum Gasteiger partial charge on any atom is -0.463 e. The molecule has 0 radical (unpaired) electrons. The Bertz CT molecular complexity index is 786. The number of nitrogens with zero attached hydrogens (tertiary/aromatic N) is 2. The fourth-order valence-corrected chi connectivity index (χ4v) is 4.70. The van der Waals surface area contributed by atoms with Gasteiger partial charge in [-0.2, -0.15) is 0 Å². The molecule has 0 aromatic heterocycles. The number of hydrogen-bond acceptors (Lipinski definition) is 6. The third kappa shape index (κ3) is 3.30. The molecule has 0 bridgehead atoms. The van der Waals surface area contributed by atoms with Crippen LogP contribution in [0.2, 0.25) is 0 Å². The lowest BCUT2D eigenvalue weighted by Gasteiger charge is -2.33. The number of carbonyl (C=O) groups is 2. The summed E-state index contributed by atoms with van der Waals surface area (Å²) < 4.78 is 5.27. The Labute approximate surface area is 162 Å². The average molecular weight is 391 g/mol. The van der Waals surface area contributed by atoms with Gasteiger partial charge in [0, 0.05) is 4.90 Å². The van der Waals surface area contributed by atoms with Gasteiger partial charge in [0.25, 0.3) is 0 Å². The number of ether oxygens (including phenoxy) is 1. The van der Waals surface area contributed by atoms with E-state index in [1.54, 1.807) is 23.6 Å². The summed E-state index contributed by atoms with van der Waals surface area (Å²) in [6, 6.07) is 7.48. The first-order valence-electron chi connectivity index (χ1n) is 8.62. The second-order valence-electron chi connectivity index (χ2n) is 6.01. The number of amidine groups is 1. The summed E-state index contributed by atoms with van der Waals surface area (Å²) in [7, 11) is 0. The lowest BCUT2D eigenvalue weighted by Crippen LogP contribution is -2.40. The van der Waals surface area contributed by atoms with E-state index in [1.165, 1.54) is 11.8 Å². The summed E-state index contributed by atoms with van der Waals surface area (Å²) in [6.07, 6.45) is 2.74. The molecule has 1 aromatic carbocycles. The van der Waals surface area contributed by atoms with E-state index in [0.717, 1.165) is 16.9 Å². The quantitative estimate of drug-likeness (QED) is 0.562. The van der Waals surface area contributed by atoms with E-state index < -0.39 is 12.0 Å². The molecule has 1 saturated heterocycles. The first-order chi connectivity index (χ1) is 12.5. The van der Waals surface area contributed by atoms with Crippen LogP contribution in [0.5, 0.6) is 0 Å². The molecule has 2 aliphatic heterocycles. The fraction of sp³-hybridized carbons (Fsp3) is 0.421. The van der Waals surface area contributed by atoms with Gasteiger partial charge >= 0.3 is 5.97 Å². The number of hydrogen-bond donors (Lipinski definition) is 0. The van der Waals surface area contributed by atoms with Crippen LogP contribution in [0.4, 0.5) is 0 Å². The Morgan fingerprint density at radius 3 is 2.58 bits per heavy atom. The maximum atomic E-state index is 13.0. The highest BCUT2D eigenvalue weighted by Crippen LogP contribution is 2.44. The molecule has 0 unspecified atom stereocenters. The van der Waals surface area contributed by atoms with E-state index in [0.29, 0.717) is 16.4 Å². The molecule has 1 aromatic rings. The minimum absolute atomic E-state index is 0.00416. The van der Waals surface area contributed by atoms with Gasteiger partial charge in [-0.15, -0.1) is 11.8 Å². The number of rotatable bonds is 5. The van der Waals surface area contributed by atoms with Crippen LogP contribution < -0.4 is 0 Å². The smallest absolute Gasteiger partial charge is 0.338 e. The molecule has 0 N–H and O–H groups in total. The highest BCUT2D eigenvalue weighted by Gasteiger charge is 2.47. The van der Waals surface area contributed by atoms with Crippen molar-refractivity contribution in [3.8, 4) is 0 Å². The SMILES string of the molecule is CCOC(=O)C1=C(C)N=C2S[C@@H](CC)C(=O)N2[C@@H]1c1ccc(SC)cc1. The van der Waals surface area contributed by atoms with Gasteiger partial charge in [0.05, 0.1) is 29.2 Å². The zero-order valence-corrected chi connectivity index (χ0v) is 16.9. The topological polar surface area (TPSA) is 59.0 Å². The van der Waals surface area contributed by atoms with Gasteiger partial charge in [-0.3, -0.25) is 9.69 Å². The highest BCUT2D eigenvalue weighted by molar-refractivity contribution is 8.15. The predicted molar refractivity (Wildman–Crippen MR) is 106 cm³/mol. The zero-order chi connectivity index (χ0) is 18.8. The van der Waals surface area contributed by atoms with Crippen molar-refractivity contribution in [3.63, 3.8) is 0 Å². The van der Waals surface area contributed by atoms with E-state index >= 15 is 0 Å². The van der Waals surface area contributed by atoms with Gasteiger partial charge in [-0.1, -0.05) is 30.8 Å². The molecule has 1 fully saturated rings. The van der Waals surface area contributed by atoms with Gasteiger partial charge in [0.1, 0.15) is 0 Å². The number of fused-ring (bicyclic) bond motifs is 1. The van der Waals surface area contributed by atoms with E-state index in [9.17, 15) is 9.59 Å². The minimum atomic E-state index is -0.492. The summed E-state index contributed by atoms with van der Waals surface area (Å²) >= 11 is 3.13. The van der Waals surface area contributed by atoms with Crippen LogP contribution in [0.15, 0.2) is 45.4 Å². The Morgan fingerprint density at radius 2 is 2.00 bits per heavy atom. The number of aliphatic imine (C=N–C) groups is 1. The maximum Gasteiger partial charge on any atom is 0.338 e. The second kappa shape index (κ2) is 7.88. The molecular weight excluding hydrogens is 368 g/mol. The average Bonchev–Trinajstić information content (AvgIpc) is 2.96. The fourth-order valence-electron chi connectivity index (χ4n) is 3.16. The van der Waals surface area contributed by atoms with Crippen LogP contribution in [0.1, 0.15) is 38.8 Å². The van der Waals surface area contributed by atoms with Crippen LogP contribution in [-0.2, 0) is 14.3 Å². The van der Waals surface area contributed by atoms with Gasteiger partial charge in [0.2, 0.25) is 5.91 Å². The molecule has 3 rings (SSSR count). The number of allylic oxidation sites excluding steroid dienone is 1. The lowest BCUT2D eigenvalue weighted by atomic mass is 9.94. The lowest BCUT2D eigenvalue weighted by molar-refractivity contribution is -0.139. The number of thioether (sulfide) groups is 2. The van der Waals surface area contributed by atoms with E-state index in [4.69, 9.17) is 4.74 Å². The Morgan fingerprint density at radius 1 is 1.31 bits per heavy atom. The normalized spacial score (nSPS) is 22.4. The van der Waals surface area contributed by atoms with E-state index in [2.05, 4.69) is 4.99 Å². The van der Waals surface area contributed by atoms with Crippen molar-refractivity contribution in [2.45, 2.75) is 43.4 Å². The highest BCUT2D eigenvalue weighted by atomic mass is 32.2. The van der Waals surface area contributed by atoms with Crippen molar-refractivity contribution >= 4 is 40.6 Å². The van der Waals surface area contributed by atoms with E-state index in [1.807, 2.05) is 44.4 Å². The molecular formula is C19H22N2O3S2. The summed E-state index contributed by atoms with van der Waals surface area (Å²) in [6.45, 7) is 5.86. The molecule has 138 valence electrons. The van der Waals surface area contributed by atoms with Crippen molar-refractivity contribution in [2.24, 2.45) is 4.99 Å². The Hall–Kier alpha value is -1.73. The van der Waals surface area contributed by atoms with Crippen LogP contribution in [0, 0.1) is 0 Å². The molecule has 0 aliphatic carbocycles. The molecule has 2 aliphatic rings. The van der Waals surface area contributed by atoms with Crippen molar-refractivity contribution in [2.75, 3.05) is 12.9 Å². The predicted octanol–water partition coefficient (Wildman–Crippen LogP) is 4.01. The summed E-state index contributed by atoms with van der Waals surface area (Å²) in [5.74, 6) is -0.408. The van der Waals surface area contributed by atoms with Crippen LogP contribution in [0.3, 0.4) is 0 Å². The van der Waals surface area contributed by atoms with E-state index in [-0.39, 0.29) is 17.8 Å². The molecule has 0 saturated carbocycles. The third-order valence-corrected chi connectivity index (χ3v) is 6.51. The van der Waals surface area contributed by atoms with Crippen molar-refractivity contribution < 1.29 is 14.3 Å². The molecule has 26 heavy (non-hydrogen) atoms. The van der Waals surface area contributed by atoms with Crippen molar-refractivity contribution in [1.82, 2.24) is 4.90 Å². The summed E-state index contributed by atoms with van der Waals surface area (Å²) in [4.78, 5) is 33.0. The van der Waals surface area contributed by atoms with Crippen LogP contribution >= 0.6 is 23.5 Å². The number of amides is 1. The summed E-state index contributed by atoms with van der Waals surface area (Å²) in [5.41, 5.74) is 1.95. The zero-order valence-electron chi connectivity index (χ0n) is 15.3. The van der Waals surface area contributed by atoms with Gasteiger partial charge in [0.15, 0.2) is 5.17 Å². The second-order valence-corrected chi connectivity index (χ2v) is 8.06. The number of carbonyl (C=O) groups excluding carboxylic acids is 2. The Balaban J connectivity index is 2.11. The van der Waals surface area contributed by atoms with Crippen LogP contribution in [-0.4, -0.2) is 40.1 Å². The maximum absolute atomic E-state index is 13.0. The van der Waals surface area contributed by atoms with Gasteiger partial charge < -0.3 is 4.74 Å². The molecule has 7 heteroatoms. The largest absolute Gasteiger partial charge is 0.463 e. The monoisotopic (exact) mass is 390 g/mol. The molecule has 2 atom stereocenters. The Kier molecular flexibility index (Phi) is 5.77. The van der Waals surface area contributed by atoms with Gasteiger partial charge in [-0.05, 0) is 44.2 Å². The molecule has 2 heterocycles. The van der Waals surface area contributed by atoms with Crippen molar-refractivity contribution in [3.05, 3.63) is 41.1 Å². The standard InChI is InChI=1S/C19H22N2O3S2/c1-5-14-17(22)21-16(12-7-9-13(25-4)10-8-12)15(18(23)24-6-2)11(3)20-19(21)26-14/h7-10,14,16H,5-6H2,1-4H3/t14-,16+/m0/s1. The van der Waals surface area contributed by atoms with Crippen LogP contribution in [0.25, 0.3) is 0 Å². The first-order valence-corrected chi connectivity index (χ1v) is 10.7. The number of esters is 1. The molecule has 5 nitrogen and oxygen atoms in total.